The van der Waals surface area contributed by atoms with Crippen molar-refractivity contribution in [1.29, 1.82) is 0 Å². The van der Waals surface area contributed by atoms with Crippen molar-refractivity contribution in [2.45, 2.75) is 49.7 Å². The summed E-state index contributed by atoms with van der Waals surface area (Å²) in [7, 11) is -0.217. The molecular weight excluding hydrogens is 655 g/mol. The lowest BCUT2D eigenvalue weighted by molar-refractivity contribution is -0.153. The second-order valence-electron chi connectivity index (χ2n) is 12.7. The van der Waals surface area contributed by atoms with Gasteiger partial charge in [0.1, 0.15) is 29.4 Å². The Bertz CT molecular complexity index is 1930. The van der Waals surface area contributed by atoms with Gasteiger partial charge in [0.2, 0.25) is 10.0 Å². The number of nitrogens with two attached hydrogens (primary N) is 1. The number of methoxy groups -OCH3 is 2. The number of nitrogens with one attached hydrogen (secondary N) is 1. The fourth-order valence-corrected chi connectivity index (χ4v) is 7.48. The number of aliphatic hydroxyl groups is 1. The molecule has 3 unspecified atom stereocenters. The van der Waals surface area contributed by atoms with E-state index in [9.17, 15) is 13.5 Å². The van der Waals surface area contributed by atoms with Crippen LogP contribution in [-0.2, 0) is 37.9 Å². The number of benzene rings is 4. The molecule has 1 aromatic heterocycles. The minimum Gasteiger partial charge on any atom is -0.497 e. The van der Waals surface area contributed by atoms with Crippen molar-refractivity contribution < 1.29 is 32.5 Å². The highest BCUT2D eigenvalue weighted by atomic mass is 32.2. The zero-order valence-electron chi connectivity index (χ0n) is 28.6. The maximum Gasteiger partial charge on any atom is 0.229 e. The van der Waals surface area contributed by atoms with E-state index in [1.807, 2.05) is 89.6 Å². The standard InChI is InChI=1S/C39H45N3O7S/c1-46-32-16-11-29(12-17-32)39(30-13-18-33(47-2)19-14-30,48-23-21-27-8-5-4-6-9-27)38-36(43)25-37(49-38)42-26-28(10-7-22-40)34-24-31(15-20-35(34)42)41-50(3,44)45/h4-6,8-9,11-20,24,26,36-38,41,43H,7,10,21-23,25,40H2,1-3H3. The zero-order chi connectivity index (χ0) is 35.3. The Morgan fingerprint density at radius 1 is 0.920 bits per heavy atom. The predicted octanol–water partition coefficient (Wildman–Crippen LogP) is 5.77. The summed E-state index contributed by atoms with van der Waals surface area (Å²) in [4.78, 5) is 0. The third-order valence-corrected chi connectivity index (χ3v) is 9.88. The fourth-order valence-electron chi connectivity index (χ4n) is 6.92. The first-order valence-electron chi connectivity index (χ1n) is 16.8. The van der Waals surface area contributed by atoms with Gasteiger partial charge in [-0.25, -0.2) is 8.42 Å². The van der Waals surface area contributed by atoms with Crippen LogP contribution in [0, 0.1) is 0 Å². The molecule has 11 heteroatoms. The molecular formula is C39H45N3O7S. The average molecular weight is 700 g/mol. The highest BCUT2D eigenvalue weighted by Crippen LogP contribution is 2.47. The number of nitrogens with zero attached hydrogens (tertiary/aromatic N) is 1. The predicted molar refractivity (Wildman–Crippen MR) is 195 cm³/mol. The van der Waals surface area contributed by atoms with Crippen LogP contribution in [0.5, 0.6) is 11.5 Å². The number of fused-ring (bicyclic) bond motifs is 1. The lowest BCUT2D eigenvalue weighted by Gasteiger charge is -2.41. The molecule has 10 nitrogen and oxygen atoms in total. The van der Waals surface area contributed by atoms with E-state index in [0.29, 0.717) is 49.6 Å². The Hall–Kier alpha value is -4.39. The van der Waals surface area contributed by atoms with E-state index in [4.69, 9.17) is 24.7 Å². The second kappa shape index (κ2) is 15.2. The van der Waals surface area contributed by atoms with Gasteiger partial charge in [-0.15, -0.1) is 0 Å². The Labute approximate surface area is 293 Å². The normalized spacial score (nSPS) is 18.0. The average Bonchev–Trinajstić information content (AvgIpc) is 3.69. The summed E-state index contributed by atoms with van der Waals surface area (Å²) in [5.74, 6) is 1.39. The van der Waals surface area contributed by atoms with Gasteiger partial charge >= 0.3 is 0 Å². The Morgan fingerprint density at radius 3 is 2.14 bits per heavy atom. The Balaban J connectivity index is 1.44. The van der Waals surface area contributed by atoms with Gasteiger partial charge in [-0.3, -0.25) is 4.72 Å². The number of hydrogen-bond acceptors (Lipinski definition) is 8. The van der Waals surface area contributed by atoms with Gasteiger partial charge in [0.05, 0.1) is 38.7 Å². The molecule has 0 radical (unpaired) electrons. The molecule has 1 saturated heterocycles. The zero-order valence-corrected chi connectivity index (χ0v) is 29.4. The van der Waals surface area contributed by atoms with Crippen LogP contribution in [-0.4, -0.2) is 63.9 Å². The van der Waals surface area contributed by atoms with Crippen LogP contribution in [0.2, 0.25) is 0 Å². The van der Waals surface area contributed by atoms with Gasteiger partial charge in [0, 0.05) is 23.7 Å². The maximum absolute atomic E-state index is 12.0. The molecule has 1 aliphatic heterocycles. The number of ether oxygens (including phenoxy) is 4. The van der Waals surface area contributed by atoms with Crippen molar-refractivity contribution >= 4 is 26.6 Å². The van der Waals surface area contributed by atoms with E-state index in [2.05, 4.69) is 16.9 Å². The fraction of sp³-hybridized carbons (Fsp3) is 0.333. The molecule has 1 fully saturated rings. The van der Waals surface area contributed by atoms with E-state index >= 15 is 0 Å². The van der Waals surface area contributed by atoms with E-state index in [1.54, 1.807) is 20.3 Å². The minimum atomic E-state index is -3.47. The van der Waals surface area contributed by atoms with Crippen molar-refractivity contribution in [2.24, 2.45) is 5.73 Å². The summed E-state index contributed by atoms with van der Waals surface area (Å²) in [5, 5.41) is 12.9. The van der Waals surface area contributed by atoms with Crippen molar-refractivity contribution in [3.05, 3.63) is 126 Å². The molecule has 264 valence electrons. The van der Waals surface area contributed by atoms with Crippen LogP contribution in [0.4, 0.5) is 5.69 Å². The van der Waals surface area contributed by atoms with E-state index < -0.39 is 34.1 Å². The third-order valence-electron chi connectivity index (χ3n) is 9.28. The van der Waals surface area contributed by atoms with Gasteiger partial charge < -0.3 is 34.4 Å². The van der Waals surface area contributed by atoms with Crippen molar-refractivity contribution in [3.8, 4) is 11.5 Å². The van der Waals surface area contributed by atoms with Crippen molar-refractivity contribution in [2.75, 3.05) is 38.3 Å². The van der Waals surface area contributed by atoms with Crippen molar-refractivity contribution in [3.63, 3.8) is 0 Å². The monoisotopic (exact) mass is 699 g/mol. The number of anilines is 1. The lowest BCUT2D eigenvalue weighted by Crippen LogP contribution is -2.48. The van der Waals surface area contributed by atoms with Crippen LogP contribution in [0.25, 0.3) is 10.9 Å². The molecule has 5 aromatic rings. The molecule has 0 amide bonds. The lowest BCUT2D eigenvalue weighted by atomic mass is 9.79. The summed E-state index contributed by atoms with van der Waals surface area (Å²) in [6.45, 7) is 0.867. The van der Waals surface area contributed by atoms with Gasteiger partial charge in [-0.2, -0.15) is 0 Å². The molecule has 0 spiro atoms. The summed E-state index contributed by atoms with van der Waals surface area (Å²) >= 11 is 0. The highest BCUT2D eigenvalue weighted by molar-refractivity contribution is 7.92. The molecule has 0 saturated carbocycles. The molecule has 6 rings (SSSR count). The van der Waals surface area contributed by atoms with Gasteiger partial charge in [-0.05, 0) is 90.5 Å². The van der Waals surface area contributed by atoms with Gasteiger partial charge in [-0.1, -0.05) is 54.6 Å². The largest absolute Gasteiger partial charge is 0.497 e. The number of aromatic nitrogens is 1. The van der Waals surface area contributed by atoms with Crippen LogP contribution < -0.4 is 19.9 Å². The number of rotatable bonds is 15. The minimum absolute atomic E-state index is 0.296. The number of sulfonamides is 1. The van der Waals surface area contributed by atoms with Gasteiger partial charge in [0.15, 0.2) is 0 Å². The molecule has 0 aliphatic carbocycles. The van der Waals surface area contributed by atoms with Crippen LogP contribution >= 0.6 is 0 Å². The third kappa shape index (κ3) is 7.52. The maximum atomic E-state index is 12.0. The molecule has 4 aromatic carbocycles. The van der Waals surface area contributed by atoms with E-state index in [1.165, 1.54) is 0 Å². The Kier molecular flexibility index (Phi) is 10.8. The summed E-state index contributed by atoms with van der Waals surface area (Å²) in [6.07, 6.45) is 3.28. The molecule has 0 bridgehead atoms. The quantitative estimate of drug-likeness (QED) is 0.125. The molecule has 2 heterocycles. The molecule has 1 aliphatic rings. The van der Waals surface area contributed by atoms with Gasteiger partial charge in [0.25, 0.3) is 0 Å². The second-order valence-corrected chi connectivity index (χ2v) is 14.4. The number of hydrogen-bond donors (Lipinski definition) is 3. The first-order valence-corrected chi connectivity index (χ1v) is 18.7. The molecule has 50 heavy (non-hydrogen) atoms. The smallest absolute Gasteiger partial charge is 0.229 e. The molecule has 4 N–H and O–H groups in total. The number of aliphatic hydroxyl groups excluding tert-OH is 1. The van der Waals surface area contributed by atoms with Crippen molar-refractivity contribution in [1.82, 2.24) is 4.57 Å². The van der Waals surface area contributed by atoms with E-state index in [0.717, 1.165) is 45.8 Å². The number of aryl methyl sites for hydroxylation is 1. The summed E-state index contributed by atoms with van der Waals surface area (Å²) in [6, 6.07) is 31.0. The van der Waals surface area contributed by atoms with Crippen LogP contribution in [0.15, 0.2) is 103 Å². The van der Waals surface area contributed by atoms with Crippen LogP contribution in [0.3, 0.4) is 0 Å². The first-order chi connectivity index (χ1) is 24.1. The molecule has 3 atom stereocenters. The highest BCUT2D eigenvalue weighted by Gasteiger charge is 2.53. The topological polar surface area (TPSA) is 134 Å². The SMILES string of the molecule is COc1ccc(C(OCCc2ccccc2)(c2ccc(OC)cc2)C2OC(n3cc(CCCN)c4cc(NS(C)(=O)=O)ccc43)CC2O)cc1. The summed E-state index contributed by atoms with van der Waals surface area (Å²) < 4.78 is 53.7. The van der Waals surface area contributed by atoms with E-state index in [-0.39, 0.29) is 0 Å². The Morgan fingerprint density at radius 2 is 1.56 bits per heavy atom. The van der Waals surface area contributed by atoms with Crippen LogP contribution in [0.1, 0.15) is 41.3 Å². The first kappa shape index (κ1) is 35.4. The summed E-state index contributed by atoms with van der Waals surface area (Å²) in [5.41, 5.74) is 9.75.